The lowest BCUT2D eigenvalue weighted by molar-refractivity contribution is -0.130. The fourth-order valence-corrected chi connectivity index (χ4v) is 5.56. The highest BCUT2D eigenvalue weighted by Gasteiger charge is 2.30. The van der Waals surface area contributed by atoms with Gasteiger partial charge >= 0.3 is 0 Å². The zero-order valence-electron chi connectivity index (χ0n) is 23.0. The van der Waals surface area contributed by atoms with Crippen LogP contribution in [0.25, 0.3) is 11.0 Å². The average molecular weight is 590 g/mol. The topological polar surface area (TPSA) is 168 Å². The molecule has 4 aromatic rings. The molecule has 0 saturated carbocycles. The van der Waals surface area contributed by atoms with E-state index >= 15 is 0 Å². The molecule has 1 aliphatic rings. The molecule has 4 heterocycles. The van der Waals surface area contributed by atoms with E-state index < -0.39 is 35.8 Å². The maximum absolute atomic E-state index is 13.5. The molecule has 5 rings (SSSR count). The zero-order valence-corrected chi connectivity index (χ0v) is 23.8. The Morgan fingerprint density at radius 1 is 1.05 bits per heavy atom. The molecular formula is C29H31N7O5S. The van der Waals surface area contributed by atoms with Crippen LogP contribution in [0.15, 0.2) is 58.6 Å². The Hall–Kier alpha value is -4.65. The summed E-state index contributed by atoms with van der Waals surface area (Å²) in [5.74, 6) is -1.88. The molecule has 12 nitrogen and oxygen atoms in total. The minimum Gasteiger partial charge on any atom is -0.351 e. The molecule has 0 spiro atoms. The average Bonchev–Trinajstić information content (AvgIpc) is 3.67. The standard InChI is InChI=1S/C29H31N7O5S/c1-2-19-26(38)34-21(15-17-9-4-3-5-10-17)29-35-22(16-42-29)25(37)31-13-7-6-12-20(27(39)32-19)33-28(40)23-18-11-8-14-30-24(18)36-41-23/h3-5,8-11,14,16,19-21H,2,6-7,12-13,15H2,1H3,(H,31,37)(H,32,39)(H,33,40)(H,34,38)/t19-,20+,21+/m1/s1. The van der Waals surface area contributed by atoms with Crippen LogP contribution >= 0.6 is 11.3 Å². The van der Waals surface area contributed by atoms with Crippen molar-refractivity contribution in [3.63, 3.8) is 0 Å². The van der Waals surface area contributed by atoms with Gasteiger partial charge in [-0.25, -0.2) is 9.97 Å². The van der Waals surface area contributed by atoms with Gasteiger partial charge in [0.25, 0.3) is 11.8 Å². The van der Waals surface area contributed by atoms with E-state index in [9.17, 15) is 19.2 Å². The van der Waals surface area contributed by atoms with E-state index in [0.29, 0.717) is 42.6 Å². The maximum atomic E-state index is 13.5. The van der Waals surface area contributed by atoms with Crippen molar-refractivity contribution in [1.29, 1.82) is 0 Å². The predicted octanol–water partition coefficient (Wildman–Crippen LogP) is 2.69. The van der Waals surface area contributed by atoms with Crippen molar-refractivity contribution in [1.82, 2.24) is 36.4 Å². The number of rotatable bonds is 5. The zero-order chi connectivity index (χ0) is 29.5. The van der Waals surface area contributed by atoms with Gasteiger partial charge in [0.05, 0.1) is 11.4 Å². The highest BCUT2D eigenvalue weighted by molar-refractivity contribution is 7.09. The molecule has 1 aliphatic heterocycles. The van der Waals surface area contributed by atoms with Crippen LogP contribution in [0, 0.1) is 0 Å². The Bertz CT molecular complexity index is 1570. The van der Waals surface area contributed by atoms with Gasteiger partial charge < -0.3 is 25.8 Å². The monoisotopic (exact) mass is 589 g/mol. The Kier molecular flexibility index (Phi) is 9.17. The van der Waals surface area contributed by atoms with E-state index in [1.807, 2.05) is 30.3 Å². The van der Waals surface area contributed by atoms with E-state index in [1.54, 1.807) is 24.4 Å². The van der Waals surface area contributed by atoms with Crippen LogP contribution in [-0.2, 0) is 16.0 Å². The number of thiazole rings is 1. The quantitative estimate of drug-likeness (QED) is 0.276. The number of carbonyl (C=O) groups excluding carboxylic acids is 4. The first-order valence-corrected chi connectivity index (χ1v) is 14.7. The van der Waals surface area contributed by atoms with Crippen molar-refractivity contribution in [3.05, 3.63) is 76.1 Å². The van der Waals surface area contributed by atoms with Crippen molar-refractivity contribution in [2.75, 3.05) is 6.54 Å². The van der Waals surface area contributed by atoms with Crippen molar-refractivity contribution >= 4 is 46.0 Å². The number of hydrogen-bond acceptors (Lipinski definition) is 9. The molecule has 0 saturated heterocycles. The second-order valence-corrected chi connectivity index (χ2v) is 10.8. The third-order valence-corrected chi connectivity index (χ3v) is 7.94. The minimum absolute atomic E-state index is 0.0548. The highest BCUT2D eigenvalue weighted by atomic mass is 32.1. The van der Waals surface area contributed by atoms with Crippen LogP contribution < -0.4 is 21.3 Å². The smallest absolute Gasteiger partial charge is 0.291 e. The predicted molar refractivity (Wildman–Crippen MR) is 155 cm³/mol. The van der Waals surface area contributed by atoms with E-state index in [0.717, 1.165) is 5.56 Å². The Labute approximate surface area is 245 Å². The lowest BCUT2D eigenvalue weighted by atomic mass is 10.0. The molecule has 13 heteroatoms. The second-order valence-electron chi connectivity index (χ2n) is 9.96. The van der Waals surface area contributed by atoms with Gasteiger partial charge in [-0.05, 0) is 49.8 Å². The first-order valence-electron chi connectivity index (χ1n) is 13.8. The number of nitrogens with one attached hydrogen (secondary N) is 4. The summed E-state index contributed by atoms with van der Waals surface area (Å²) in [5.41, 5.74) is 1.54. The van der Waals surface area contributed by atoms with Crippen molar-refractivity contribution in [2.24, 2.45) is 0 Å². The van der Waals surface area contributed by atoms with Gasteiger partial charge in [0.2, 0.25) is 23.2 Å². The number of nitrogens with zero attached hydrogens (tertiary/aromatic N) is 3. The molecular weight excluding hydrogens is 558 g/mol. The summed E-state index contributed by atoms with van der Waals surface area (Å²) in [7, 11) is 0. The molecule has 2 bridgehead atoms. The number of aromatic nitrogens is 3. The lowest BCUT2D eigenvalue weighted by Crippen LogP contribution is -2.54. The summed E-state index contributed by atoms with van der Waals surface area (Å²) in [5, 5.41) is 17.9. The third kappa shape index (κ3) is 6.79. The van der Waals surface area contributed by atoms with Gasteiger partial charge in [-0.1, -0.05) is 42.4 Å². The number of carbonyl (C=O) groups is 4. The Balaban J connectivity index is 1.38. The summed E-state index contributed by atoms with van der Waals surface area (Å²) in [6.45, 7) is 2.16. The second kappa shape index (κ2) is 13.3. The summed E-state index contributed by atoms with van der Waals surface area (Å²) in [6.07, 6.45) is 3.65. The van der Waals surface area contributed by atoms with Crippen molar-refractivity contribution in [2.45, 2.75) is 57.2 Å². The number of amides is 4. The first-order chi connectivity index (χ1) is 20.4. The Morgan fingerprint density at radius 2 is 1.86 bits per heavy atom. The molecule has 4 N–H and O–H groups in total. The Morgan fingerprint density at radius 3 is 2.67 bits per heavy atom. The summed E-state index contributed by atoms with van der Waals surface area (Å²) in [6, 6.07) is 10.6. The molecule has 3 aromatic heterocycles. The molecule has 0 aliphatic carbocycles. The van der Waals surface area contributed by atoms with Crippen LogP contribution in [0.2, 0.25) is 0 Å². The number of benzene rings is 1. The van der Waals surface area contributed by atoms with E-state index in [4.69, 9.17) is 4.52 Å². The van der Waals surface area contributed by atoms with Gasteiger partial charge in [-0.15, -0.1) is 11.3 Å². The first kappa shape index (κ1) is 28.9. The summed E-state index contributed by atoms with van der Waals surface area (Å²) in [4.78, 5) is 61.5. The fraction of sp³-hybridized carbons (Fsp3) is 0.345. The van der Waals surface area contributed by atoms with Crippen LogP contribution in [0.1, 0.15) is 70.3 Å². The molecule has 42 heavy (non-hydrogen) atoms. The van der Waals surface area contributed by atoms with Crippen molar-refractivity contribution in [3.8, 4) is 0 Å². The van der Waals surface area contributed by atoms with Gasteiger partial charge in [-0.3, -0.25) is 19.2 Å². The fourth-order valence-electron chi connectivity index (χ4n) is 4.71. The number of fused-ring (bicyclic) bond motifs is 3. The number of pyridine rings is 1. The molecule has 4 amide bonds. The normalized spacial score (nSPS) is 20.4. The van der Waals surface area contributed by atoms with Gasteiger partial charge in [0.1, 0.15) is 22.8 Å². The van der Waals surface area contributed by atoms with Crippen LogP contribution in [0.3, 0.4) is 0 Å². The highest BCUT2D eigenvalue weighted by Crippen LogP contribution is 2.23. The molecule has 0 unspecified atom stereocenters. The minimum atomic E-state index is -0.960. The van der Waals surface area contributed by atoms with Gasteiger partial charge in [0, 0.05) is 18.1 Å². The summed E-state index contributed by atoms with van der Waals surface area (Å²) >= 11 is 1.30. The lowest BCUT2D eigenvalue weighted by Gasteiger charge is -2.24. The molecule has 218 valence electrons. The summed E-state index contributed by atoms with van der Waals surface area (Å²) < 4.78 is 5.22. The van der Waals surface area contributed by atoms with E-state index in [2.05, 4.69) is 36.4 Å². The maximum Gasteiger partial charge on any atom is 0.291 e. The third-order valence-electron chi connectivity index (χ3n) is 6.98. The van der Waals surface area contributed by atoms with Crippen LogP contribution in [0.5, 0.6) is 0 Å². The SMILES string of the molecule is CC[C@H]1NC(=O)[C@@H](NC(=O)c2onc3ncccc23)CCCCNC(=O)c2csc(n2)[C@H](Cc2ccccc2)NC1=O. The van der Waals surface area contributed by atoms with Crippen molar-refractivity contribution < 1.29 is 23.7 Å². The van der Waals surface area contributed by atoms with E-state index in [-0.39, 0.29) is 29.4 Å². The van der Waals surface area contributed by atoms with Crippen LogP contribution in [0.4, 0.5) is 0 Å². The number of hydrogen-bond donors (Lipinski definition) is 4. The molecule has 0 radical (unpaired) electrons. The molecule has 0 fully saturated rings. The van der Waals surface area contributed by atoms with E-state index in [1.165, 1.54) is 17.5 Å². The van der Waals surface area contributed by atoms with Gasteiger partial charge in [-0.2, -0.15) is 0 Å². The van der Waals surface area contributed by atoms with Gasteiger partial charge in [0.15, 0.2) is 0 Å². The molecule has 3 atom stereocenters. The molecule has 1 aromatic carbocycles. The van der Waals surface area contributed by atoms with Crippen LogP contribution in [-0.4, -0.2) is 57.4 Å². The largest absolute Gasteiger partial charge is 0.351 e.